The van der Waals surface area contributed by atoms with Gasteiger partial charge in [0.1, 0.15) is 6.04 Å². The first-order valence-corrected chi connectivity index (χ1v) is 6.69. The molecular formula is C12H20N4O7. The Bertz CT molecular complexity index is 480. The number of carbonyl (C=O) groups is 5. The summed E-state index contributed by atoms with van der Waals surface area (Å²) in [4.78, 5) is 54.9. The Labute approximate surface area is 131 Å². The number of rotatable bonds is 11. The summed E-state index contributed by atoms with van der Waals surface area (Å²) < 4.78 is 0. The predicted octanol–water partition coefficient (Wildman–Crippen LogP) is -2.87. The van der Waals surface area contributed by atoms with Gasteiger partial charge in [0.05, 0.1) is 12.6 Å². The molecule has 0 bridgehead atoms. The van der Waals surface area contributed by atoms with Gasteiger partial charge >= 0.3 is 11.9 Å². The molecule has 0 aliphatic rings. The number of aliphatic carboxylic acids is 2. The fraction of sp³-hybridized carbons (Fsp3) is 0.583. The van der Waals surface area contributed by atoms with Crippen LogP contribution in [0.25, 0.3) is 0 Å². The Morgan fingerprint density at radius 3 is 2.09 bits per heavy atom. The first-order valence-electron chi connectivity index (χ1n) is 6.69. The molecule has 0 fully saturated rings. The summed E-state index contributed by atoms with van der Waals surface area (Å²) >= 11 is 0. The van der Waals surface area contributed by atoms with Crippen LogP contribution in [0.5, 0.6) is 0 Å². The highest BCUT2D eigenvalue weighted by atomic mass is 16.4. The lowest BCUT2D eigenvalue weighted by molar-refractivity contribution is -0.142. The summed E-state index contributed by atoms with van der Waals surface area (Å²) in [6.07, 6.45) is -0.791. The molecule has 0 spiro atoms. The number of carboxylic acids is 2. The number of carbonyl (C=O) groups excluding carboxylic acids is 3. The molecular weight excluding hydrogens is 312 g/mol. The summed E-state index contributed by atoms with van der Waals surface area (Å²) in [5.74, 6) is -4.68. The average molecular weight is 332 g/mol. The van der Waals surface area contributed by atoms with Crippen molar-refractivity contribution in [3.8, 4) is 0 Å². The zero-order chi connectivity index (χ0) is 18.0. The van der Waals surface area contributed by atoms with E-state index in [1.54, 1.807) is 0 Å². The maximum Gasteiger partial charge on any atom is 0.326 e. The second kappa shape index (κ2) is 10.1. The van der Waals surface area contributed by atoms with Gasteiger partial charge < -0.3 is 32.3 Å². The van der Waals surface area contributed by atoms with E-state index >= 15 is 0 Å². The van der Waals surface area contributed by atoms with Crippen molar-refractivity contribution in [2.45, 2.75) is 37.8 Å². The van der Waals surface area contributed by atoms with Crippen LogP contribution in [0.3, 0.4) is 0 Å². The molecule has 0 aliphatic carbocycles. The molecule has 0 aromatic rings. The topological polar surface area (TPSA) is 202 Å². The molecule has 0 saturated carbocycles. The SMILES string of the molecule is NC(=O)CCC(NC(=O)CNC(=O)C(N)CCC(=O)O)C(=O)O. The molecule has 2 unspecified atom stereocenters. The van der Waals surface area contributed by atoms with Gasteiger partial charge in [0.2, 0.25) is 17.7 Å². The Balaban J connectivity index is 4.25. The van der Waals surface area contributed by atoms with Gasteiger partial charge in [0, 0.05) is 12.8 Å². The lowest BCUT2D eigenvalue weighted by Gasteiger charge is -2.15. The van der Waals surface area contributed by atoms with Crippen molar-refractivity contribution >= 4 is 29.7 Å². The number of nitrogens with two attached hydrogens (primary N) is 2. The Morgan fingerprint density at radius 2 is 1.61 bits per heavy atom. The standard InChI is InChI=1S/C12H20N4O7/c13-6(1-4-10(19)20)11(21)15-5-9(18)16-7(12(22)23)2-3-8(14)17/h6-7H,1-5,13H2,(H2,14,17)(H,15,21)(H,16,18)(H,19,20)(H,22,23). The maximum absolute atomic E-state index is 11.6. The highest BCUT2D eigenvalue weighted by Crippen LogP contribution is 1.97. The third-order valence-electron chi connectivity index (χ3n) is 2.74. The quantitative estimate of drug-likeness (QED) is 0.231. The van der Waals surface area contributed by atoms with E-state index in [9.17, 15) is 24.0 Å². The van der Waals surface area contributed by atoms with Crippen molar-refractivity contribution in [1.82, 2.24) is 10.6 Å². The Morgan fingerprint density at radius 1 is 1.00 bits per heavy atom. The van der Waals surface area contributed by atoms with E-state index < -0.39 is 48.3 Å². The summed E-state index contributed by atoms with van der Waals surface area (Å²) in [7, 11) is 0. The van der Waals surface area contributed by atoms with Crippen LogP contribution >= 0.6 is 0 Å². The number of hydrogen-bond donors (Lipinski definition) is 6. The van der Waals surface area contributed by atoms with Crippen LogP contribution in [0.4, 0.5) is 0 Å². The van der Waals surface area contributed by atoms with Gasteiger partial charge in [0.25, 0.3) is 0 Å². The molecule has 0 aromatic heterocycles. The van der Waals surface area contributed by atoms with Crippen LogP contribution in [-0.2, 0) is 24.0 Å². The summed E-state index contributed by atoms with van der Waals surface area (Å²) in [5.41, 5.74) is 10.3. The highest BCUT2D eigenvalue weighted by Gasteiger charge is 2.21. The predicted molar refractivity (Wildman–Crippen MR) is 75.8 cm³/mol. The molecule has 23 heavy (non-hydrogen) atoms. The van der Waals surface area contributed by atoms with E-state index in [4.69, 9.17) is 21.7 Å². The Kier molecular flexibility index (Phi) is 8.92. The molecule has 11 heteroatoms. The zero-order valence-corrected chi connectivity index (χ0v) is 12.3. The number of carboxylic acid groups (broad SMARTS) is 2. The van der Waals surface area contributed by atoms with E-state index in [1.807, 2.05) is 0 Å². The molecule has 3 amide bonds. The van der Waals surface area contributed by atoms with Crippen molar-refractivity contribution < 1.29 is 34.2 Å². The van der Waals surface area contributed by atoms with Gasteiger partial charge in [-0.1, -0.05) is 0 Å². The summed E-state index contributed by atoms with van der Waals surface area (Å²) in [5, 5.41) is 21.6. The van der Waals surface area contributed by atoms with Gasteiger partial charge in [-0.05, 0) is 12.8 Å². The molecule has 8 N–H and O–H groups in total. The van der Waals surface area contributed by atoms with Gasteiger partial charge in [-0.3, -0.25) is 19.2 Å². The number of amides is 3. The minimum atomic E-state index is -1.34. The maximum atomic E-state index is 11.6. The fourth-order valence-electron chi connectivity index (χ4n) is 1.50. The molecule has 0 saturated heterocycles. The molecule has 130 valence electrons. The molecule has 0 radical (unpaired) electrons. The van der Waals surface area contributed by atoms with Crippen LogP contribution in [0, 0.1) is 0 Å². The second-order valence-corrected chi connectivity index (χ2v) is 4.72. The van der Waals surface area contributed by atoms with Gasteiger partial charge in [0.15, 0.2) is 0 Å². The molecule has 0 aromatic carbocycles. The monoisotopic (exact) mass is 332 g/mol. The van der Waals surface area contributed by atoms with Gasteiger partial charge in [-0.25, -0.2) is 4.79 Å². The molecule has 0 heterocycles. The van der Waals surface area contributed by atoms with Crippen molar-refractivity contribution in [1.29, 1.82) is 0 Å². The second-order valence-electron chi connectivity index (χ2n) is 4.72. The summed E-state index contributed by atoms with van der Waals surface area (Å²) in [6, 6.07) is -2.41. The number of nitrogens with one attached hydrogen (secondary N) is 2. The van der Waals surface area contributed by atoms with Crippen LogP contribution in [0.2, 0.25) is 0 Å². The minimum absolute atomic E-state index is 0.0981. The van der Waals surface area contributed by atoms with E-state index in [0.29, 0.717) is 0 Å². The van der Waals surface area contributed by atoms with E-state index in [1.165, 1.54) is 0 Å². The van der Waals surface area contributed by atoms with E-state index in [2.05, 4.69) is 10.6 Å². The van der Waals surface area contributed by atoms with E-state index in [0.717, 1.165) is 0 Å². The zero-order valence-electron chi connectivity index (χ0n) is 12.3. The van der Waals surface area contributed by atoms with Crippen LogP contribution < -0.4 is 22.1 Å². The van der Waals surface area contributed by atoms with E-state index in [-0.39, 0.29) is 25.7 Å². The number of hydrogen-bond acceptors (Lipinski definition) is 6. The lowest BCUT2D eigenvalue weighted by Crippen LogP contribution is -2.48. The van der Waals surface area contributed by atoms with Crippen molar-refractivity contribution in [3.63, 3.8) is 0 Å². The molecule has 0 rings (SSSR count). The van der Waals surface area contributed by atoms with Crippen molar-refractivity contribution in [2.24, 2.45) is 11.5 Å². The molecule has 11 nitrogen and oxygen atoms in total. The highest BCUT2D eigenvalue weighted by molar-refractivity contribution is 5.89. The molecule has 2 atom stereocenters. The van der Waals surface area contributed by atoms with Crippen LogP contribution in [-0.4, -0.2) is 58.5 Å². The third-order valence-corrected chi connectivity index (χ3v) is 2.74. The fourth-order valence-corrected chi connectivity index (χ4v) is 1.50. The third kappa shape index (κ3) is 9.79. The normalized spacial score (nSPS) is 12.7. The first-order chi connectivity index (χ1) is 10.6. The summed E-state index contributed by atoms with van der Waals surface area (Å²) in [6.45, 7) is -0.528. The van der Waals surface area contributed by atoms with Gasteiger partial charge in [-0.15, -0.1) is 0 Å². The Hall–Kier alpha value is -2.69. The van der Waals surface area contributed by atoms with Gasteiger partial charge in [-0.2, -0.15) is 0 Å². The largest absolute Gasteiger partial charge is 0.481 e. The molecule has 0 aliphatic heterocycles. The van der Waals surface area contributed by atoms with Crippen LogP contribution in [0.1, 0.15) is 25.7 Å². The first kappa shape index (κ1) is 20.3. The lowest BCUT2D eigenvalue weighted by atomic mass is 10.1. The average Bonchev–Trinajstić information content (AvgIpc) is 2.45. The van der Waals surface area contributed by atoms with Crippen molar-refractivity contribution in [2.75, 3.05) is 6.54 Å². The van der Waals surface area contributed by atoms with Crippen LogP contribution in [0.15, 0.2) is 0 Å². The number of primary amides is 1. The van der Waals surface area contributed by atoms with Crippen molar-refractivity contribution in [3.05, 3.63) is 0 Å². The minimum Gasteiger partial charge on any atom is -0.481 e. The smallest absolute Gasteiger partial charge is 0.326 e.